The van der Waals surface area contributed by atoms with E-state index in [0.29, 0.717) is 6.42 Å². The maximum absolute atomic E-state index is 14.6. The average Bonchev–Trinajstić information content (AvgIpc) is 4.13. The highest BCUT2D eigenvalue weighted by Gasteiger charge is 2.78. The van der Waals surface area contributed by atoms with Gasteiger partial charge in [0, 0.05) is 37.6 Å². The summed E-state index contributed by atoms with van der Waals surface area (Å²) in [5.74, 6) is -1.86. The van der Waals surface area contributed by atoms with Crippen LogP contribution < -0.4 is 10.6 Å². The summed E-state index contributed by atoms with van der Waals surface area (Å²) in [4.78, 5) is 60.6. The number of esters is 2. The summed E-state index contributed by atoms with van der Waals surface area (Å²) in [5, 5.41) is 27.2. The molecular weight excluding hydrogens is 746 g/mol. The van der Waals surface area contributed by atoms with Gasteiger partial charge in [0.2, 0.25) is 11.8 Å². The number of phenols is 1. The number of carbonyl (C=O) groups is 4. The average molecular weight is 802 g/mol. The molecule has 4 N–H and O–H groups in total. The number of allylic oxidation sites excluding steroid dienone is 1. The molecule has 2 aromatic rings. The van der Waals surface area contributed by atoms with E-state index in [9.17, 15) is 29.4 Å². The maximum Gasteiger partial charge on any atom is 0.327 e. The Bertz CT molecular complexity index is 1890. The van der Waals surface area contributed by atoms with Gasteiger partial charge < -0.3 is 39.8 Å². The molecule has 3 saturated heterocycles. The Morgan fingerprint density at radius 3 is 2.38 bits per heavy atom. The molecule has 3 heterocycles. The second-order valence-corrected chi connectivity index (χ2v) is 17.7. The topological polar surface area (TPSA) is 182 Å². The summed E-state index contributed by atoms with van der Waals surface area (Å²) in [6, 6.07) is 13.3. The molecule has 0 aromatic heterocycles. The van der Waals surface area contributed by atoms with Crippen LogP contribution in [0.5, 0.6) is 5.75 Å². The quantitative estimate of drug-likeness (QED) is 0.180. The third kappa shape index (κ3) is 8.14. The first-order chi connectivity index (χ1) is 27.8. The lowest BCUT2D eigenvalue weighted by molar-refractivity contribution is -0.235. The summed E-state index contributed by atoms with van der Waals surface area (Å²) in [5.41, 5.74) is 0.625. The Hall–Kier alpha value is -4.34. The zero-order valence-electron chi connectivity index (χ0n) is 33.4. The number of fused-ring (bicyclic) bond motifs is 4. The van der Waals surface area contributed by atoms with Crippen LogP contribution in [0.15, 0.2) is 54.6 Å². The number of ether oxygens (including phenoxy) is 4. The number of carbonyl (C=O) groups excluding carboxylic acids is 4. The number of nitrogens with one attached hydrogen (secondary N) is 2. The minimum Gasteiger partial charge on any atom is -0.508 e. The fourth-order valence-corrected chi connectivity index (χ4v) is 9.23. The van der Waals surface area contributed by atoms with Crippen molar-refractivity contribution in [1.29, 1.82) is 0 Å². The number of benzene rings is 2. The molecule has 7 atom stereocenters. The molecule has 6 fully saturated rings. The number of aliphatic hydroxyl groups excluding tert-OH is 1. The van der Waals surface area contributed by atoms with Crippen molar-refractivity contribution in [2.45, 2.75) is 133 Å². The van der Waals surface area contributed by atoms with Crippen molar-refractivity contribution in [3.63, 3.8) is 0 Å². The van der Waals surface area contributed by atoms with Gasteiger partial charge in [-0.3, -0.25) is 24.0 Å². The van der Waals surface area contributed by atoms with Crippen molar-refractivity contribution >= 4 is 29.8 Å². The molecule has 2 aromatic carbocycles. The highest BCUT2D eigenvalue weighted by molar-refractivity contribution is 5.94. The predicted octanol–water partition coefficient (Wildman–Crippen LogP) is 3.85. The van der Waals surface area contributed by atoms with Gasteiger partial charge in [-0.25, -0.2) is 0 Å². The fourth-order valence-electron chi connectivity index (χ4n) is 9.23. The van der Waals surface area contributed by atoms with Crippen LogP contribution in [0.2, 0.25) is 0 Å². The second kappa shape index (κ2) is 16.0. The minimum absolute atomic E-state index is 0.0252. The van der Waals surface area contributed by atoms with Gasteiger partial charge in [0.1, 0.15) is 41.2 Å². The molecule has 14 heteroatoms. The van der Waals surface area contributed by atoms with Crippen LogP contribution in [0.3, 0.4) is 0 Å². The van der Waals surface area contributed by atoms with Crippen LogP contribution in [0.1, 0.15) is 88.8 Å². The smallest absolute Gasteiger partial charge is 0.327 e. The van der Waals surface area contributed by atoms with Crippen LogP contribution in [0.4, 0.5) is 0 Å². The second-order valence-electron chi connectivity index (χ2n) is 17.7. The van der Waals surface area contributed by atoms with Crippen LogP contribution in [0.25, 0.3) is 6.08 Å². The van der Waals surface area contributed by atoms with Crippen LogP contribution in [0, 0.1) is 17.3 Å². The predicted molar refractivity (Wildman–Crippen MR) is 208 cm³/mol. The van der Waals surface area contributed by atoms with E-state index in [-0.39, 0.29) is 63.0 Å². The molecule has 312 valence electrons. The zero-order valence-corrected chi connectivity index (χ0v) is 33.4. The Morgan fingerprint density at radius 1 is 1.00 bits per heavy atom. The number of phenolic OH excluding ortho intramolecular Hbond substituents is 1. The summed E-state index contributed by atoms with van der Waals surface area (Å²) in [6.45, 7) is 5.11. The number of hydrogen-bond donors (Lipinski definition) is 4. The molecule has 3 saturated carbocycles. The normalized spacial score (nSPS) is 29.1. The molecule has 0 radical (unpaired) electrons. The standard InChI is InChI=1S/C44H55N3O11/c1-42(2,3)55-35(51)20-19-31(25-48)46-34(50)21-22-45-41(53)43-23-33-36-37(57-44(56-36,29-15-16-29)30-17-18-30)39(43)58-47(38(43)40(52)54-33)24-27-13-11-26(12-14-27)7-6-9-28-8-4-5-10-32(28)49/h4-8,10-14,29-31,33,36-39,48-49H,9,15-25H2,1-3H3,(H,45,53)(H,46,50)/t31-,33+,36-,37-,38-,39+,43-/m0/s1. The van der Waals surface area contributed by atoms with Crippen LogP contribution in [-0.4, -0.2) is 100 Å². The molecular formula is C44H55N3O11. The van der Waals surface area contributed by atoms with E-state index in [1.165, 1.54) is 0 Å². The molecule has 8 rings (SSSR count). The molecule has 3 aliphatic carbocycles. The summed E-state index contributed by atoms with van der Waals surface area (Å²) < 4.78 is 25.2. The third-order valence-electron chi connectivity index (χ3n) is 12.2. The number of hydrogen-bond acceptors (Lipinski definition) is 12. The number of rotatable bonds is 16. The molecule has 2 amide bonds. The lowest BCUT2D eigenvalue weighted by Gasteiger charge is -2.48. The van der Waals surface area contributed by atoms with Crippen LogP contribution >= 0.6 is 0 Å². The Kier molecular flexibility index (Phi) is 11.2. The molecule has 2 bridgehead atoms. The number of amides is 2. The minimum atomic E-state index is -1.38. The zero-order chi connectivity index (χ0) is 40.8. The third-order valence-corrected chi connectivity index (χ3v) is 12.2. The van der Waals surface area contributed by atoms with E-state index in [0.717, 1.165) is 42.4 Å². The number of nitrogens with zero attached hydrogens (tertiary/aromatic N) is 1. The van der Waals surface area contributed by atoms with Gasteiger partial charge in [-0.05, 0) is 82.1 Å². The highest BCUT2D eigenvalue weighted by atomic mass is 16.8. The largest absolute Gasteiger partial charge is 0.508 e. The first-order valence-electron chi connectivity index (χ1n) is 20.7. The Morgan fingerprint density at radius 2 is 1.71 bits per heavy atom. The summed E-state index contributed by atoms with van der Waals surface area (Å²) in [6.07, 6.45) is 6.03. The lowest BCUT2D eigenvalue weighted by atomic mass is 9.62. The van der Waals surface area contributed by atoms with Crippen molar-refractivity contribution in [3.8, 4) is 5.75 Å². The number of hydroxylamine groups is 2. The lowest BCUT2D eigenvalue weighted by Crippen LogP contribution is -2.69. The SMILES string of the molecule is CC(C)(C)OC(=O)CC[C@@H](CO)NC(=O)CCNC(=O)[C@@]12C[C@H]3OC(=O)[C@@H]1N(Cc1ccc(C=CCc4ccccc4O)cc1)O[C@@H]2[C@H]1OC(C2CC2)(C2CC2)O[C@H]13. The Labute approximate surface area is 338 Å². The van der Waals surface area contributed by atoms with Crippen molar-refractivity contribution in [1.82, 2.24) is 15.7 Å². The molecule has 0 unspecified atom stereocenters. The van der Waals surface area contributed by atoms with E-state index in [4.69, 9.17) is 23.8 Å². The summed E-state index contributed by atoms with van der Waals surface area (Å²) in [7, 11) is 0. The summed E-state index contributed by atoms with van der Waals surface area (Å²) >= 11 is 0. The van der Waals surface area contributed by atoms with Gasteiger partial charge in [0.15, 0.2) is 11.8 Å². The number of aliphatic hydroxyl groups is 1. The van der Waals surface area contributed by atoms with E-state index in [2.05, 4.69) is 10.6 Å². The monoisotopic (exact) mass is 801 g/mol. The molecule has 0 spiro atoms. The van der Waals surface area contributed by atoms with Crippen molar-refractivity contribution < 1.29 is 53.2 Å². The van der Waals surface area contributed by atoms with Crippen molar-refractivity contribution in [2.75, 3.05) is 13.2 Å². The van der Waals surface area contributed by atoms with E-state index in [1.807, 2.05) is 48.6 Å². The molecule has 3 aliphatic heterocycles. The van der Waals surface area contributed by atoms with Gasteiger partial charge in [-0.15, -0.1) is 0 Å². The van der Waals surface area contributed by atoms with Gasteiger partial charge in [0.05, 0.1) is 19.2 Å². The van der Waals surface area contributed by atoms with Gasteiger partial charge in [-0.2, -0.15) is 5.06 Å². The first-order valence-corrected chi connectivity index (χ1v) is 20.7. The van der Waals surface area contributed by atoms with Crippen molar-refractivity contribution in [2.24, 2.45) is 17.3 Å². The molecule has 6 aliphatic rings. The van der Waals surface area contributed by atoms with E-state index >= 15 is 0 Å². The van der Waals surface area contributed by atoms with E-state index in [1.54, 1.807) is 38.0 Å². The molecule has 58 heavy (non-hydrogen) atoms. The Balaban J connectivity index is 0.967. The fraction of sp³-hybridized carbons (Fsp3) is 0.591. The maximum atomic E-state index is 14.6. The van der Waals surface area contributed by atoms with Gasteiger partial charge >= 0.3 is 11.9 Å². The number of para-hydroxylation sites is 1. The number of aromatic hydroxyl groups is 1. The van der Waals surface area contributed by atoms with Gasteiger partial charge in [-0.1, -0.05) is 54.6 Å². The van der Waals surface area contributed by atoms with Crippen LogP contribution in [-0.2, 0) is 55.9 Å². The highest BCUT2D eigenvalue weighted by Crippen LogP contribution is 2.63. The molecule has 14 nitrogen and oxygen atoms in total. The van der Waals surface area contributed by atoms with Gasteiger partial charge in [0.25, 0.3) is 0 Å². The van der Waals surface area contributed by atoms with E-state index < -0.39 is 77.1 Å². The van der Waals surface area contributed by atoms with Crippen molar-refractivity contribution in [3.05, 3.63) is 71.3 Å². The first kappa shape index (κ1) is 40.4.